The molecule has 0 fully saturated rings. The van der Waals surface area contributed by atoms with Gasteiger partial charge in [0.1, 0.15) is 82.8 Å². The first-order valence-corrected chi connectivity index (χ1v) is 42.7. The third-order valence-electron chi connectivity index (χ3n) is 20.1. The van der Waals surface area contributed by atoms with Crippen molar-refractivity contribution < 1.29 is 137 Å². The number of halogens is 7. The van der Waals surface area contributed by atoms with Crippen molar-refractivity contribution in [1.29, 1.82) is 0 Å². The fraction of sp³-hybridized carbons (Fsp3) is 0.176. The lowest BCUT2D eigenvalue weighted by molar-refractivity contribution is -0.139. The number of hydrogen-bond acceptors (Lipinski definition) is 21. The summed E-state index contributed by atoms with van der Waals surface area (Å²) in [5.74, 6) is -9.41. The number of esters is 3. The highest BCUT2D eigenvalue weighted by molar-refractivity contribution is 6.37. The van der Waals surface area contributed by atoms with Gasteiger partial charge in [-0.2, -0.15) is 13.2 Å². The maximum Gasteiger partial charge on any atom is 0.419 e. The molecule has 0 aliphatic rings. The first-order chi connectivity index (χ1) is 66.5. The van der Waals surface area contributed by atoms with Gasteiger partial charge in [-0.15, -0.1) is 0 Å². The zero-order valence-electron chi connectivity index (χ0n) is 75.0. The number of nitrogens with zero attached hydrogens (tertiary/aromatic N) is 3. The lowest BCUT2D eigenvalue weighted by Gasteiger charge is -2.21. The van der Waals surface area contributed by atoms with Gasteiger partial charge in [0.15, 0.2) is 5.75 Å². The largest absolute Gasteiger partial charge is 0.497 e. The summed E-state index contributed by atoms with van der Waals surface area (Å²) in [5.41, 5.74) is 3.74. The van der Waals surface area contributed by atoms with Crippen LogP contribution in [-0.4, -0.2) is 163 Å². The van der Waals surface area contributed by atoms with E-state index < -0.39 is 108 Å². The van der Waals surface area contributed by atoms with Gasteiger partial charge < -0.3 is 88.6 Å². The molecule has 0 unspecified atom stereocenters. The minimum Gasteiger partial charge on any atom is -0.497 e. The number of aliphatic carboxylic acids is 3. The maximum absolute atomic E-state index is 14.2. The Kier molecular flexibility index (Phi) is 37.6. The molecular weight excluding hydrogens is 1860 g/mol. The highest BCUT2D eigenvalue weighted by Gasteiger charge is 2.36. The fourth-order valence-corrected chi connectivity index (χ4v) is 13.8. The van der Waals surface area contributed by atoms with E-state index in [-0.39, 0.29) is 117 Å². The number of amides is 6. The number of rotatable bonds is 38. The monoisotopic (exact) mass is 1950 g/mol. The quantitative estimate of drug-likeness (QED) is 0.0119. The van der Waals surface area contributed by atoms with Crippen LogP contribution >= 0.6 is 23.2 Å². The van der Waals surface area contributed by atoms with Gasteiger partial charge >= 0.3 is 42.0 Å². The fourth-order valence-electron chi connectivity index (χ4n) is 13.2. The average Bonchev–Trinajstić information content (AvgIpc) is 0.807. The molecular formula is C102H89Cl2F5N6O24. The summed E-state index contributed by atoms with van der Waals surface area (Å²) < 4.78 is 115. The number of anilines is 3. The molecule has 30 nitrogen and oxygen atoms in total. The molecule has 0 heterocycles. The number of methoxy groups -OCH3 is 5. The molecule has 6 amide bonds. The van der Waals surface area contributed by atoms with Crippen LogP contribution in [0, 0.1) is 11.6 Å². The van der Waals surface area contributed by atoms with E-state index in [1.54, 1.807) is 118 Å². The molecule has 0 saturated carbocycles. The van der Waals surface area contributed by atoms with Gasteiger partial charge in [-0.05, 0) is 216 Å². The van der Waals surface area contributed by atoms with Crippen molar-refractivity contribution in [2.75, 3.05) is 77.7 Å². The molecule has 0 aliphatic carbocycles. The van der Waals surface area contributed by atoms with Crippen LogP contribution < -0.4 is 58.6 Å². The van der Waals surface area contributed by atoms with E-state index in [1.807, 2.05) is 6.92 Å². The van der Waals surface area contributed by atoms with E-state index in [2.05, 4.69) is 16.0 Å². The third-order valence-corrected chi connectivity index (χ3v) is 20.6. The molecule has 0 atom stereocenters. The predicted molar refractivity (Wildman–Crippen MR) is 500 cm³/mol. The summed E-state index contributed by atoms with van der Waals surface area (Å²) in [4.78, 5) is 153. The number of carboxylic acids is 3. The van der Waals surface area contributed by atoms with E-state index >= 15 is 0 Å². The van der Waals surface area contributed by atoms with Crippen molar-refractivity contribution >= 4 is 112 Å². The van der Waals surface area contributed by atoms with Crippen molar-refractivity contribution in [2.24, 2.45) is 0 Å². The molecule has 0 aromatic heterocycles. The van der Waals surface area contributed by atoms with Gasteiger partial charge in [0.25, 0.3) is 17.7 Å². The number of alkyl halides is 3. The summed E-state index contributed by atoms with van der Waals surface area (Å²) >= 11 is 12.5. The summed E-state index contributed by atoms with van der Waals surface area (Å²) in [6.07, 6.45) is -3.59. The number of ether oxygens (including phenoxy) is 9. The van der Waals surface area contributed by atoms with Crippen molar-refractivity contribution in [1.82, 2.24) is 14.7 Å². The van der Waals surface area contributed by atoms with E-state index in [0.717, 1.165) is 64.3 Å². The van der Waals surface area contributed by atoms with Gasteiger partial charge in [-0.25, -0.2) is 23.2 Å². The molecule has 0 saturated heterocycles. The standard InChI is InChI=1S/C35H32Cl2N2O8.C34H29F3N2O8.C33H28F2N2O8/c1-3-16-46-33-29(36)18-25(19-30(33)37)35(44)47-28-14-6-23(7-15-28)20-39(21-32(41)42)34(43)24-8-10-26(11-9-24)38-31(40)17-22-4-12-27(45-2)13-5-22;1-45-26-12-3-21(4-13-26)17-30(40)38-25-10-7-23(8-11-25)32(43)39(20-31(41)42)19-22-5-14-27(15-6-22)47-33(44)24-9-16-29(46-2)28(18-24)34(35,36)37;1-43-24-11-3-20(4-12-24)15-29(38)36-23-9-7-22(8-10-23)32(41)37(19-30(39)40)18-21-5-13-25(14-6-21)45-33(42)31-27(34)16-26(44-2)17-28(31)35/h4-15,18-19H,3,16-17,20-21H2,1-2H3,(H,38,40)(H,41,42);3-16,18H,17,19-20H2,1-2H3,(H,38,40)(H,41,42);3-14,16-17H,15,18-19H2,1-2H3,(H,36,38)(H,39,40). The Balaban J connectivity index is 0.000000215. The van der Waals surface area contributed by atoms with Gasteiger partial charge in [0, 0.05) is 65.5 Å². The molecule has 139 heavy (non-hydrogen) atoms. The number of carboxylic acid groups (broad SMARTS) is 3. The lowest BCUT2D eigenvalue weighted by atomic mass is 10.1. The second kappa shape index (κ2) is 50.0. The second-order valence-corrected chi connectivity index (χ2v) is 31.0. The molecule has 0 radical (unpaired) electrons. The summed E-state index contributed by atoms with van der Waals surface area (Å²) in [7, 11) is 6.97. The Morgan fingerprint density at radius 3 is 0.914 bits per heavy atom. The van der Waals surface area contributed by atoms with Crippen molar-refractivity contribution in [3.63, 3.8) is 0 Å². The van der Waals surface area contributed by atoms with Crippen molar-refractivity contribution in [3.05, 3.63) is 355 Å². The predicted octanol–water partition coefficient (Wildman–Crippen LogP) is 17.9. The van der Waals surface area contributed by atoms with Gasteiger partial charge in [-0.1, -0.05) is 103 Å². The Hall–Kier alpha value is -16.7. The Labute approximate surface area is 802 Å². The zero-order valence-corrected chi connectivity index (χ0v) is 76.5. The molecule has 720 valence electrons. The van der Waals surface area contributed by atoms with E-state index in [4.69, 9.17) is 65.8 Å². The molecule has 12 aromatic rings. The van der Waals surface area contributed by atoms with Gasteiger partial charge in [0.2, 0.25) is 17.7 Å². The molecule has 37 heteroatoms. The molecule has 0 bridgehead atoms. The van der Waals surface area contributed by atoms with Crippen LogP contribution in [0.5, 0.6) is 51.7 Å². The van der Waals surface area contributed by atoms with E-state index in [0.29, 0.717) is 69.4 Å². The number of nitrogens with one attached hydrogen (secondary N) is 3. The summed E-state index contributed by atoms with van der Waals surface area (Å²) in [6, 6.07) is 64.4. The zero-order chi connectivity index (χ0) is 101. The van der Waals surface area contributed by atoms with Gasteiger partial charge in [-0.3, -0.25) is 43.2 Å². The minimum atomic E-state index is -4.75. The van der Waals surface area contributed by atoms with Crippen LogP contribution in [0.2, 0.25) is 10.0 Å². The number of benzene rings is 12. The van der Waals surface area contributed by atoms with Crippen LogP contribution in [0.15, 0.2) is 261 Å². The highest BCUT2D eigenvalue weighted by atomic mass is 35.5. The average molecular weight is 1950 g/mol. The van der Waals surface area contributed by atoms with Crippen LogP contribution in [0.3, 0.4) is 0 Å². The lowest BCUT2D eigenvalue weighted by Crippen LogP contribution is -2.35. The molecule has 0 aliphatic heterocycles. The number of carbonyl (C=O) groups is 12. The van der Waals surface area contributed by atoms with E-state index in [1.165, 1.54) is 145 Å². The topological polar surface area (TPSA) is 394 Å². The summed E-state index contributed by atoms with van der Waals surface area (Å²) in [5, 5.41) is 36.9. The molecule has 12 aromatic carbocycles. The SMILES string of the molecule is CCCOc1c(Cl)cc(C(=O)Oc2ccc(CN(CC(=O)O)C(=O)c3ccc(NC(=O)Cc4ccc(OC)cc4)cc3)cc2)cc1Cl.COc1ccc(CC(=O)Nc2ccc(C(=O)N(CC(=O)O)Cc3ccc(OC(=O)c4c(F)cc(OC)cc4F)cc3)cc2)cc1.COc1ccc(CC(=O)Nc2ccc(C(=O)N(CC(=O)O)Cc3ccc(OC(=O)c4ccc(OC)c(C(F)(F)F)c4)cc3)cc2)cc1. The summed E-state index contributed by atoms with van der Waals surface area (Å²) in [6.45, 7) is 0.341. The van der Waals surface area contributed by atoms with Crippen LogP contribution in [0.25, 0.3) is 0 Å². The number of carbonyl (C=O) groups excluding carboxylic acids is 9. The van der Waals surface area contributed by atoms with E-state index in [9.17, 15) is 94.8 Å². The third kappa shape index (κ3) is 31.5. The first kappa shape index (κ1) is 104. The van der Waals surface area contributed by atoms with Crippen LogP contribution in [0.1, 0.15) is 114 Å². The first-order valence-electron chi connectivity index (χ1n) is 41.9. The molecule has 6 N–H and O–H groups in total. The Bertz CT molecular complexity index is 6340. The Morgan fingerprint density at radius 1 is 0.338 bits per heavy atom. The minimum absolute atomic E-state index is 0.0175. The normalized spacial score (nSPS) is 10.7. The number of hydrogen-bond donors (Lipinski definition) is 6. The van der Waals surface area contributed by atoms with Crippen LogP contribution in [-0.2, 0) is 73.8 Å². The smallest absolute Gasteiger partial charge is 0.419 e. The Morgan fingerprint density at radius 2 is 0.626 bits per heavy atom. The van der Waals surface area contributed by atoms with Crippen molar-refractivity contribution in [2.45, 2.75) is 58.4 Å². The second-order valence-electron chi connectivity index (χ2n) is 30.2. The van der Waals surface area contributed by atoms with Gasteiger partial charge in [0.05, 0.1) is 88.2 Å². The van der Waals surface area contributed by atoms with Crippen LogP contribution in [0.4, 0.5) is 39.0 Å². The highest BCUT2D eigenvalue weighted by Crippen LogP contribution is 2.39. The molecule has 12 rings (SSSR count). The van der Waals surface area contributed by atoms with Crippen molar-refractivity contribution in [3.8, 4) is 51.7 Å². The molecule has 0 spiro atoms. The maximum atomic E-state index is 14.2.